The second-order valence-corrected chi connectivity index (χ2v) is 3.64. The Kier molecular flexibility index (Phi) is 2.85. The summed E-state index contributed by atoms with van der Waals surface area (Å²) in [6, 6.07) is 5.15. The van der Waals surface area contributed by atoms with Gasteiger partial charge >= 0.3 is 6.18 Å². The number of alkyl halides is 3. The van der Waals surface area contributed by atoms with Crippen molar-refractivity contribution in [3.05, 3.63) is 29.8 Å². The largest absolute Gasteiger partial charge is 0.416 e. The quantitative estimate of drug-likeness (QED) is 0.783. The van der Waals surface area contributed by atoms with E-state index in [0.29, 0.717) is 5.69 Å². The molecule has 1 aromatic carbocycles. The van der Waals surface area contributed by atoms with E-state index < -0.39 is 11.7 Å². The van der Waals surface area contributed by atoms with Gasteiger partial charge in [-0.15, -0.1) is 0 Å². The van der Waals surface area contributed by atoms with Gasteiger partial charge in [-0.2, -0.15) is 13.2 Å². The summed E-state index contributed by atoms with van der Waals surface area (Å²) >= 11 is 0. The summed E-state index contributed by atoms with van der Waals surface area (Å²) < 4.78 is 37.3. The van der Waals surface area contributed by atoms with Crippen LogP contribution in [-0.2, 0) is 6.18 Å². The van der Waals surface area contributed by atoms with Gasteiger partial charge in [0.25, 0.3) is 0 Å². The van der Waals surface area contributed by atoms with Gasteiger partial charge in [-0.3, -0.25) is 4.99 Å². The van der Waals surface area contributed by atoms with E-state index in [9.17, 15) is 13.2 Å². The van der Waals surface area contributed by atoms with Crippen LogP contribution in [0.3, 0.4) is 0 Å². The zero-order chi connectivity index (χ0) is 11.6. The first-order valence-corrected chi connectivity index (χ1v) is 5.03. The molecule has 0 atom stereocenters. The summed E-state index contributed by atoms with van der Waals surface area (Å²) in [5, 5.41) is 2.90. The molecule has 1 heterocycles. The molecule has 5 heteroatoms. The zero-order valence-corrected chi connectivity index (χ0v) is 8.51. The van der Waals surface area contributed by atoms with Gasteiger partial charge in [-0.05, 0) is 24.6 Å². The highest BCUT2D eigenvalue weighted by molar-refractivity contribution is 5.96. The summed E-state index contributed by atoms with van der Waals surface area (Å²) in [6.45, 7) is 0.751. The molecule has 0 saturated heterocycles. The van der Waals surface area contributed by atoms with Gasteiger partial charge in [0, 0.05) is 18.7 Å². The van der Waals surface area contributed by atoms with Crippen LogP contribution in [0.25, 0.3) is 0 Å². The standard InChI is InChI=1S/C11H11F3N2/c12-11(13,14)8-3-1-4-9(7-8)16-10-5-2-6-15-10/h1,3-4,7H,2,5-6H2,(H,15,16). The molecule has 0 amide bonds. The molecule has 0 bridgehead atoms. The molecule has 0 fully saturated rings. The van der Waals surface area contributed by atoms with Gasteiger partial charge in [0.05, 0.1) is 5.56 Å². The number of anilines is 1. The van der Waals surface area contributed by atoms with Gasteiger partial charge in [0.2, 0.25) is 0 Å². The van der Waals surface area contributed by atoms with Gasteiger partial charge in [0.1, 0.15) is 5.84 Å². The molecule has 16 heavy (non-hydrogen) atoms. The Bertz CT molecular complexity index is 410. The summed E-state index contributed by atoms with van der Waals surface area (Å²) in [4.78, 5) is 4.15. The monoisotopic (exact) mass is 228 g/mol. The molecule has 2 rings (SSSR count). The maximum absolute atomic E-state index is 12.4. The molecule has 0 spiro atoms. The van der Waals surface area contributed by atoms with Crippen LogP contribution in [0.1, 0.15) is 18.4 Å². The predicted molar refractivity (Wildman–Crippen MR) is 56.6 cm³/mol. The number of aliphatic imine (C=N–C) groups is 1. The highest BCUT2D eigenvalue weighted by Crippen LogP contribution is 2.30. The highest BCUT2D eigenvalue weighted by Gasteiger charge is 2.30. The smallest absolute Gasteiger partial charge is 0.344 e. The van der Waals surface area contributed by atoms with E-state index in [4.69, 9.17) is 0 Å². The van der Waals surface area contributed by atoms with E-state index in [-0.39, 0.29) is 0 Å². The molecule has 0 unspecified atom stereocenters. The molecule has 0 radical (unpaired) electrons. The SMILES string of the molecule is FC(F)(F)c1cccc(NC2=NCCC2)c1. The van der Waals surface area contributed by atoms with Gasteiger partial charge in [0.15, 0.2) is 0 Å². The Morgan fingerprint density at radius 2 is 2.06 bits per heavy atom. The van der Waals surface area contributed by atoms with Crippen LogP contribution in [0, 0.1) is 0 Å². The van der Waals surface area contributed by atoms with Crippen LogP contribution in [-0.4, -0.2) is 12.4 Å². The van der Waals surface area contributed by atoms with Gasteiger partial charge < -0.3 is 5.32 Å². The van der Waals surface area contributed by atoms with Crippen LogP contribution in [0.4, 0.5) is 18.9 Å². The fourth-order valence-electron chi connectivity index (χ4n) is 1.58. The van der Waals surface area contributed by atoms with Crippen molar-refractivity contribution in [3.8, 4) is 0 Å². The van der Waals surface area contributed by atoms with Crippen LogP contribution in [0.5, 0.6) is 0 Å². The van der Waals surface area contributed by atoms with E-state index >= 15 is 0 Å². The normalized spacial score (nSPS) is 16.1. The Morgan fingerprint density at radius 3 is 2.69 bits per heavy atom. The lowest BCUT2D eigenvalue weighted by Crippen LogP contribution is -2.10. The van der Waals surface area contributed by atoms with E-state index in [1.807, 2.05) is 0 Å². The van der Waals surface area contributed by atoms with E-state index in [2.05, 4.69) is 10.3 Å². The minimum Gasteiger partial charge on any atom is -0.344 e. The first-order chi connectivity index (χ1) is 7.55. The number of nitrogens with zero attached hydrogens (tertiary/aromatic N) is 1. The summed E-state index contributed by atoms with van der Waals surface area (Å²) in [7, 11) is 0. The maximum atomic E-state index is 12.4. The molecule has 2 nitrogen and oxygen atoms in total. The van der Waals surface area contributed by atoms with Crippen molar-refractivity contribution in [1.29, 1.82) is 0 Å². The lowest BCUT2D eigenvalue weighted by atomic mass is 10.2. The van der Waals surface area contributed by atoms with Crippen molar-refractivity contribution in [2.24, 2.45) is 4.99 Å². The minimum atomic E-state index is -4.30. The molecule has 1 aliphatic heterocycles. The average molecular weight is 228 g/mol. The van der Waals surface area contributed by atoms with Crippen molar-refractivity contribution < 1.29 is 13.2 Å². The van der Waals surface area contributed by atoms with Crippen molar-refractivity contribution in [3.63, 3.8) is 0 Å². The molecule has 1 N–H and O–H groups in total. The van der Waals surface area contributed by atoms with E-state index in [0.717, 1.165) is 37.4 Å². The molecule has 1 aromatic rings. The van der Waals surface area contributed by atoms with Crippen LogP contribution >= 0.6 is 0 Å². The van der Waals surface area contributed by atoms with E-state index in [1.54, 1.807) is 6.07 Å². The molecule has 86 valence electrons. The Morgan fingerprint density at radius 1 is 1.25 bits per heavy atom. The summed E-state index contributed by atoms with van der Waals surface area (Å²) in [6.07, 6.45) is -2.54. The molecule has 0 aliphatic carbocycles. The molecular formula is C11H11F3N2. The fourth-order valence-corrected chi connectivity index (χ4v) is 1.58. The predicted octanol–water partition coefficient (Wildman–Crippen LogP) is 3.31. The third-order valence-corrected chi connectivity index (χ3v) is 2.35. The van der Waals surface area contributed by atoms with Crippen LogP contribution in [0.15, 0.2) is 29.3 Å². The first-order valence-electron chi connectivity index (χ1n) is 5.03. The van der Waals surface area contributed by atoms with Crippen LogP contribution < -0.4 is 5.32 Å². The number of hydrogen-bond acceptors (Lipinski definition) is 2. The topological polar surface area (TPSA) is 24.4 Å². The fraction of sp³-hybridized carbons (Fsp3) is 0.364. The van der Waals surface area contributed by atoms with Gasteiger partial charge in [-0.1, -0.05) is 6.07 Å². The lowest BCUT2D eigenvalue weighted by molar-refractivity contribution is -0.137. The number of nitrogens with one attached hydrogen (secondary N) is 1. The number of benzene rings is 1. The third kappa shape index (κ3) is 2.53. The lowest BCUT2D eigenvalue weighted by Gasteiger charge is -2.10. The van der Waals surface area contributed by atoms with Crippen molar-refractivity contribution in [2.75, 3.05) is 11.9 Å². The highest BCUT2D eigenvalue weighted by atomic mass is 19.4. The number of halogens is 3. The number of rotatable bonds is 1. The average Bonchev–Trinajstić information content (AvgIpc) is 2.70. The number of hydrogen-bond donors (Lipinski definition) is 1. The van der Waals surface area contributed by atoms with Crippen molar-refractivity contribution in [2.45, 2.75) is 19.0 Å². The minimum absolute atomic E-state index is 0.440. The molecule has 0 saturated carbocycles. The van der Waals surface area contributed by atoms with Gasteiger partial charge in [-0.25, -0.2) is 0 Å². The molecule has 1 aliphatic rings. The second-order valence-electron chi connectivity index (χ2n) is 3.64. The zero-order valence-electron chi connectivity index (χ0n) is 8.51. The molecule has 0 aromatic heterocycles. The van der Waals surface area contributed by atoms with Crippen molar-refractivity contribution in [1.82, 2.24) is 0 Å². The summed E-state index contributed by atoms with van der Waals surface area (Å²) in [5.41, 5.74) is -0.202. The van der Waals surface area contributed by atoms with E-state index in [1.165, 1.54) is 6.07 Å². The Hall–Kier alpha value is -1.52. The Balaban J connectivity index is 2.16. The maximum Gasteiger partial charge on any atom is 0.416 e. The second kappa shape index (κ2) is 4.15. The number of amidine groups is 1. The van der Waals surface area contributed by atoms with Crippen molar-refractivity contribution >= 4 is 11.5 Å². The molecular weight excluding hydrogens is 217 g/mol. The summed E-state index contributed by atoms with van der Waals surface area (Å²) in [5.74, 6) is 0.763. The first kappa shape index (κ1) is 11.0. The third-order valence-electron chi connectivity index (χ3n) is 2.35. The Labute approximate surface area is 91.2 Å². The van der Waals surface area contributed by atoms with Crippen LogP contribution in [0.2, 0.25) is 0 Å².